The fourth-order valence-corrected chi connectivity index (χ4v) is 1.62. The second-order valence-corrected chi connectivity index (χ2v) is 4.22. The Morgan fingerprint density at radius 3 is 2.26 bits per heavy atom. The summed E-state index contributed by atoms with van der Waals surface area (Å²) in [6.07, 6.45) is 2.75. The minimum Gasteiger partial charge on any atom is -0.268 e. The zero-order chi connectivity index (χ0) is 14.6. The standard InChI is InChI=1S/C11H14F2N4.C2H6/c1-7(2)9-4-10(16(3)15-9)8-5-14-17(6-8)11(12)13;1-2/h4-7,11H,1-3H3;1-2H3. The van der Waals surface area contributed by atoms with E-state index in [4.69, 9.17) is 0 Å². The molecule has 0 atom stereocenters. The maximum atomic E-state index is 12.4. The summed E-state index contributed by atoms with van der Waals surface area (Å²) in [6.45, 7) is 5.46. The summed E-state index contributed by atoms with van der Waals surface area (Å²) in [7, 11) is 1.79. The van der Waals surface area contributed by atoms with Crippen LogP contribution in [0, 0.1) is 0 Å². The predicted octanol–water partition coefficient (Wildman–Crippen LogP) is 3.83. The molecule has 0 aliphatic heterocycles. The Morgan fingerprint density at radius 2 is 1.84 bits per heavy atom. The first kappa shape index (κ1) is 15.3. The van der Waals surface area contributed by atoms with E-state index < -0.39 is 6.55 Å². The zero-order valence-electron chi connectivity index (χ0n) is 11.9. The van der Waals surface area contributed by atoms with Crippen molar-refractivity contribution in [3.05, 3.63) is 24.2 Å². The molecule has 0 radical (unpaired) electrons. The van der Waals surface area contributed by atoms with Crippen LogP contribution in [0.4, 0.5) is 8.78 Å². The molecule has 0 N–H and O–H groups in total. The quantitative estimate of drug-likeness (QED) is 0.849. The smallest absolute Gasteiger partial charge is 0.268 e. The van der Waals surface area contributed by atoms with Gasteiger partial charge in [0.25, 0.3) is 0 Å². The van der Waals surface area contributed by atoms with E-state index in [9.17, 15) is 8.78 Å². The molecule has 0 bridgehead atoms. The highest BCUT2D eigenvalue weighted by molar-refractivity contribution is 5.58. The van der Waals surface area contributed by atoms with Gasteiger partial charge in [0.15, 0.2) is 0 Å². The van der Waals surface area contributed by atoms with E-state index in [2.05, 4.69) is 10.2 Å². The van der Waals surface area contributed by atoms with Crippen molar-refractivity contribution in [2.45, 2.75) is 40.2 Å². The highest BCUT2D eigenvalue weighted by Crippen LogP contribution is 2.24. The number of halogens is 2. The van der Waals surface area contributed by atoms with Crippen LogP contribution in [0.2, 0.25) is 0 Å². The van der Waals surface area contributed by atoms with Crippen LogP contribution >= 0.6 is 0 Å². The number of nitrogens with zero attached hydrogens (tertiary/aromatic N) is 4. The highest BCUT2D eigenvalue weighted by atomic mass is 19.3. The molecule has 2 aromatic rings. The molecule has 2 rings (SSSR count). The fraction of sp³-hybridized carbons (Fsp3) is 0.538. The normalized spacial score (nSPS) is 10.8. The van der Waals surface area contributed by atoms with Gasteiger partial charge in [0.05, 0.1) is 17.6 Å². The van der Waals surface area contributed by atoms with Crippen LogP contribution in [0.15, 0.2) is 18.5 Å². The van der Waals surface area contributed by atoms with Crippen LogP contribution in [-0.4, -0.2) is 19.6 Å². The van der Waals surface area contributed by atoms with E-state index >= 15 is 0 Å². The van der Waals surface area contributed by atoms with Gasteiger partial charge < -0.3 is 0 Å². The molecule has 0 unspecified atom stereocenters. The summed E-state index contributed by atoms with van der Waals surface area (Å²) in [5.41, 5.74) is 2.38. The van der Waals surface area contributed by atoms with Crippen molar-refractivity contribution in [2.75, 3.05) is 0 Å². The number of rotatable bonds is 3. The maximum Gasteiger partial charge on any atom is 0.333 e. The highest BCUT2D eigenvalue weighted by Gasteiger charge is 2.13. The van der Waals surface area contributed by atoms with Crippen molar-refractivity contribution in [2.24, 2.45) is 7.05 Å². The van der Waals surface area contributed by atoms with Crippen molar-refractivity contribution < 1.29 is 8.78 Å². The lowest BCUT2D eigenvalue weighted by Crippen LogP contribution is -1.97. The molecular formula is C13H20F2N4. The summed E-state index contributed by atoms with van der Waals surface area (Å²) >= 11 is 0. The van der Waals surface area contributed by atoms with E-state index in [1.807, 2.05) is 33.8 Å². The first-order chi connectivity index (χ1) is 8.99. The van der Waals surface area contributed by atoms with Crippen LogP contribution in [0.25, 0.3) is 11.3 Å². The topological polar surface area (TPSA) is 35.6 Å². The van der Waals surface area contributed by atoms with Gasteiger partial charge in [-0.3, -0.25) is 4.68 Å². The molecule has 0 spiro atoms. The number of hydrogen-bond donors (Lipinski definition) is 0. The van der Waals surface area contributed by atoms with E-state index in [1.165, 1.54) is 12.4 Å². The van der Waals surface area contributed by atoms with Gasteiger partial charge in [-0.2, -0.15) is 19.0 Å². The van der Waals surface area contributed by atoms with E-state index in [1.54, 1.807) is 11.7 Å². The molecule has 0 aromatic carbocycles. The van der Waals surface area contributed by atoms with Crippen LogP contribution < -0.4 is 0 Å². The molecule has 4 nitrogen and oxygen atoms in total. The van der Waals surface area contributed by atoms with E-state index in [0.717, 1.165) is 11.4 Å². The Kier molecular flexibility index (Phi) is 5.20. The van der Waals surface area contributed by atoms with Crippen LogP contribution in [0.5, 0.6) is 0 Å². The second-order valence-electron chi connectivity index (χ2n) is 4.22. The third-order valence-corrected chi connectivity index (χ3v) is 2.59. The van der Waals surface area contributed by atoms with Crippen molar-refractivity contribution >= 4 is 0 Å². The first-order valence-electron chi connectivity index (χ1n) is 6.35. The second kappa shape index (κ2) is 6.45. The van der Waals surface area contributed by atoms with E-state index in [0.29, 0.717) is 16.2 Å². The summed E-state index contributed by atoms with van der Waals surface area (Å²) in [6, 6.07) is 1.90. The third-order valence-electron chi connectivity index (χ3n) is 2.59. The SMILES string of the molecule is CC.CC(C)c1cc(-c2cnn(C(F)F)c2)n(C)n1. The van der Waals surface area contributed by atoms with Gasteiger partial charge >= 0.3 is 6.55 Å². The van der Waals surface area contributed by atoms with Gasteiger partial charge in [0.2, 0.25) is 0 Å². The number of hydrogen-bond acceptors (Lipinski definition) is 2. The summed E-state index contributed by atoms with van der Waals surface area (Å²) < 4.78 is 27.1. The van der Waals surface area contributed by atoms with Gasteiger partial charge in [0.1, 0.15) is 0 Å². The molecule has 2 heterocycles. The average molecular weight is 270 g/mol. The lowest BCUT2D eigenvalue weighted by molar-refractivity contribution is 0.0566. The molecule has 0 amide bonds. The van der Waals surface area contributed by atoms with Gasteiger partial charge in [-0.25, -0.2) is 4.68 Å². The Bertz CT molecular complexity index is 514. The molecule has 0 fully saturated rings. The summed E-state index contributed by atoms with van der Waals surface area (Å²) in [5, 5.41) is 7.95. The zero-order valence-corrected chi connectivity index (χ0v) is 11.9. The molecule has 6 heteroatoms. The lowest BCUT2D eigenvalue weighted by Gasteiger charge is -1.97. The van der Waals surface area contributed by atoms with Gasteiger partial charge in [-0.05, 0) is 12.0 Å². The van der Waals surface area contributed by atoms with Crippen LogP contribution in [0.1, 0.15) is 45.9 Å². The average Bonchev–Trinajstić information content (AvgIpc) is 2.97. The molecule has 0 saturated heterocycles. The van der Waals surface area contributed by atoms with Crippen molar-refractivity contribution in [1.29, 1.82) is 0 Å². The monoisotopic (exact) mass is 270 g/mol. The Balaban J connectivity index is 0.000000861. The molecule has 106 valence electrons. The number of aromatic nitrogens is 4. The Morgan fingerprint density at radius 1 is 1.21 bits per heavy atom. The summed E-state index contributed by atoms with van der Waals surface area (Å²) in [5.74, 6) is 0.306. The molecule has 2 aromatic heterocycles. The predicted molar refractivity (Wildman–Crippen MR) is 71.1 cm³/mol. The van der Waals surface area contributed by atoms with Crippen LogP contribution in [-0.2, 0) is 7.05 Å². The fourth-order valence-electron chi connectivity index (χ4n) is 1.62. The van der Waals surface area contributed by atoms with Crippen molar-refractivity contribution in [3.63, 3.8) is 0 Å². The largest absolute Gasteiger partial charge is 0.333 e. The van der Waals surface area contributed by atoms with Gasteiger partial charge in [-0.15, -0.1) is 0 Å². The lowest BCUT2D eigenvalue weighted by atomic mass is 10.1. The van der Waals surface area contributed by atoms with Crippen molar-refractivity contribution in [1.82, 2.24) is 19.6 Å². The van der Waals surface area contributed by atoms with E-state index in [-0.39, 0.29) is 0 Å². The minimum atomic E-state index is -2.61. The Labute approximate surface area is 112 Å². The third kappa shape index (κ3) is 3.39. The molecule has 0 aliphatic rings. The first-order valence-corrected chi connectivity index (χ1v) is 6.35. The van der Waals surface area contributed by atoms with Gasteiger partial charge in [-0.1, -0.05) is 27.7 Å². The molecule has 0 aliphatic carbocycles. The van der Waals surface area contributed by atoms with Gasteiger partial charge in [0, 0.05) is 18.8 Å². The van der Waals surface area contributed by atoms with Crippen LogP contribution in [0.3, 0.4) is 0 Å². The Hall–Kier alpha value is -1.72. The van der Waals surface area contributed by atoms with Crippen molar-refractivity contribution in [3.8, 4) is 11.3 Å². The minimum absolute atomic E-state index is 0.306. The molecule has 19 heavy (non-hydrogen) atoms. The number of alkyl halides is 2. The number of aryl methyl sites for hydroxylation is 1. The summed E-state index contributed by atoms with van der Waals surface area (Å²) in [4.78, 5) is 0. The molecule has 0 saturated carbocycles. The maximum absolute atomic E-state index is 12.4. The molecular weight excluding hydrogens is 250 g/mol.